The Labute approximate surface area is 106 Å². The van der Waals surface area contributed by atoms with Crippen molar-refractivity contribution in [1.82, 2.24) is 0 Å². The molecule has 8 heteroatoms. The fraction of sp³-hybridized carbons (Fsp3) is 1.00. The van der Waals surface area contributed by atoms with Crippen molar-refractivity contribution in [3.8, 4) is 0 Å². The van der Waals surface area contributed by atoms with Gasteiger partial charge in [-0.15, -0.1) is 0 Å². The van der Waals surface area contributed by atoms with Crippen LogP contribution in [0.1, 0.15) is 40.0 Å². The first kappa shape index (κ1) is 19.9. The third kappa shape index (κ3) is 22.3. The molecule has 0 aliphatic heterocycles. The summed E-state index contributed by atoms with van der Waals surface area (Å²) >= 11 is 0. The third-order valence-electron chi connectivity index (χ3n) is 1.20. The van der Waals surface area contributed by atoms with Gasteiger partial charge in [-0.25, -0.2) is 0 Å². The molecule has 0 atom stereocenters. The second-order valence-corrected chi connectivity index (χ2v) is 4.75. The van der Waals surface area contributed by atoms with E-state index in [0.29, 0.717) is 0 Å². The third-order valence-corrected chi connectivity index (χ3v) is 2.38. The Balaban J connectivity index is 0. The average Bonchev–Trinajstić information content (AvgIpc) is 2.27. The monoisotopic (exact) mass is 290 g/mol. The number of rotatable bonds is 9. The van der Waals surface area contributed by atoms with E-state index in [2.05, 4.69) is 20.8 Å². The molecule has 0 saturated heterocycles. The van der Waals surface area contributed by atoms with Crippen LogP contribution in [0.3, 0.4) is 0 Å². The molecule has 0 saturated carbocycles. The second kappa shape index (κ2) is 16.6. The second-order valence-electron chi connectivity index (χ2n) is 2.99. The highest BCUT2D eigenvalue weighted by Crippen LogP contribution is 2.39. The van der Waals surface area contributed by atoms with Crippen LogP contribution in [0.4, 0.5) is 0 Å². The highest BCUT2D eigenvalue weighted by atomic mass is 31.2. The van der Waals surface area contributed by atoms with Gasteiger partial charge < -0.3 is 28.3 Å². The van der Waals surface area contributed by atoms with Crippen molar-refractivity contribution in [3.05, 3.63) is 0 Å². The lowest BCUT2D eigenvalue weighted by Crippen LogP contribution is -1.98. The quantitative estimate of drug-likeness (QED) is 0.566. The molecule has 0 amide bonds. The molecule has 0 rings (SSSR count). The number of hydrogen-bond donors (Lipinski definition) is 3. The van der Waals surface area contributed by atoms with Gasteiger partial charge in [-0.1, -0.05) is 20.8 Å². The minimum absolute atomic E-state index is 0.721. The molecule has 0 spiro atoms. The average molecular weight is 290 g/mol. The topological polar surface area (TPSA) is 88.4 Å². The summed E-state index contributed by atoms with van der Waals surface area (Å²) in [4.78, 5) is 21.7. The van der Waals surface area contributed by atoms with Crippen molar-refractivity contribution in [2.24, 2.45) is 0 Å². The van der Waals surface area contributed by atoms with Crippen LogP contribution < -0.4 is 0 Å². The van der Waals surface area contributed by atoms with E-state index in [9.17, 15) is 0 Å². The lowest BCUT2D eigenvalue weighted by atomic mass is 10.5. The summed E-state index contributed by atoms with van der Waals surface area (Å²) in [5.41, 5.74) is 0. The number of hydrogen-bond acceptors (Lipinski definition) is 6. The van der Waals surface area contributed by atoms with E-state index in [1.807, 2.05) is 0 Å². The summed E-state index contributed by atoms with van der Waals surface area (Å²) in [6.07, 6.45) is 3.01. The van der Waals surface area contributed by atoms with E-state index in [1.54, 1.807) is 0 Å². The van der Waals surface area contributed by atoms with Gasteiger partial charge in [0.25, 0.3) is 0 Å². The fourth-order valence-electron chi connectivity index (χ4n) is 0.609. The summed E-state index contributed by atoms with van der Waals surface area (Å²) in [7, 11) is -3.70. The Morgan fingerprint density at radius 3 is 1.12 bits per heavy atom. The summed E-state index contributed by atoms with van der Waals surface area (Å²) in [6, 6.07) is 0. The molecule has 0 aromatic rings. The Kier molecular flexibility index (Phi) is 19.5. The molecule has 0 aromatic carbocycles. The minimum atomic E-state index is -2.62. The van der Waals surface area contributed by atoms with Crippen LogP contribution in [0.5, 0.6) is 0 Å². The summed E-state index contributed by atoms with van der Waals surface area (Å²) in [6.45, 7) is 8.39. The van der Waals surface area contributed by atoms with Crippen molar-refractivity contribution in [1.29, 1.82) is 0 Å². The molecular weight excluding hydrogens is 266 g/mol. The predicted molar refractivity (Wildman–Crippen MR) is 69.2 cm³/mol. The van der Waals surface area contributed by atoms with Gasteiger partial charge in [0.05, 0.1) is 19.8 Å². The Morgan fingerprint density at radius 2 is 0.941 bits per heavy atom. The van der Waals surface area contributed by atoms with Crippen molar-refractivity contribution < 1.29 is 28.3 Å². The van der Waals surface area contributed by atoms with Gasteiger partial charge >= 0.3 is 17.2 Å². The first-order valence-corrected chi connectivity index (χ1v) is 7.93. The lowest BCUT2D eigenvalue weighted by Gasteiger charge is -2.15. The predicted octanol–water partition coefficient (Wildman–Crippen LogP) is 2.68. The highest BCUT2D eigenvalue weighted by Gasteiger charge is 2.10. The molecule has 0 aliphatic rings. The maximum absolute atomic E-state index is 7.23. The Morgan fingerprint density at radius 1 is 0.706 bits per heavy atom. The van der Waals surface area contributed by atoms with Crippen LogP contribution in [0.2, 0.25) is 0 Å². The van der Waals surface area contributed by atoms with Gasteiger partial charge in [-0.05, 0) is 19.3 Å². The molecule has 0 aliphatic carbocycles. The highest BCUT2D eigenvalue weighted by molar-refractivity contribution is 7.41. The van der Waals surface area contributed by atoms with Gasteiger partial charge in [0.1, 0.15) is 0 Å². The van der Waals surface area contributed by atoms with E-state index in [4.69, 9.17) is 28.3 Å². The van der Waals surface area contributed by atoms with Gasteiger partial charge in [0.2, 0.25) is 0 Å². The molecule has 6 nitrogen and oxygen atoms in total. The summed E-state index contributed by atoms with van der Waals surface area (Å²) in [5.74, 6) is 0. The maximum Gasteiger partial charge on any atom is 0.332 e. The van der Waals surface area contributed by atoms with E-state index >= 15 is 0 Å². The molecule has 0 aromatic heterocycles. The zero-order chi connectivity index (χ0) is 13.5. The van der Waals surface area contributed by atoms with Gasteiger partial charge in [0.15, 0.2) is 0 Å². The molecule has 0 bridgehead atoms. The van der Waals surface area contributed by atoms with Crippen LogP contribution >= 0.6 is 17.2 Å². The van der Waals surface area contributed by atoms with Crippen molar-refractivity contribution in [2.45, 2.75) is 40.0 Å². The van der Waals surface area contributed by atoms with Gasteiger partial charge in [-0.2, -0.15) is 0 Å². The normalized spacial score (nSPS) is 10.6. The van der Waals surface area contributed by atoms with Crippen LogP contribution in [0.25, 0.3) is 0 Å². The largest absolute Gasteiger partial charge is 0.332 e. The first-order chi connectivity index (χ1) is 8.08. The van der Waals surface area contributed by atoms with Crippen molar-refractivity contribution in [3.63, 3.8) is 0 Å². The maximum atomic E-state index is 7.23. The Bertz CT molecular complexity index is 117. The summed E-state index contributed by atoms with van der Waals surface area (Å²) < 4.78 is 16.2. The zero-order valence-electron chi connectivity index (χ0n) is 10.7. The van der Waals surface area contributed by atoms with E-state index in [-0.39, 0.29) is 0 Å². The van der Waals surface area contributed by atoms with Gasteiger partial charge in [0, 0.05) is 0 Å². The van der Waals surface area contributed by atoms with Crippen LogP contribution in [-0.2, 0) is 13.6 Å². The standard InChI is InChI=1S/C9H21O3P.H3O3P/c1-4-7-10-13(11-8-5-2)12-9-6-3;1-4(2)3/h4-9H2,1-3H3;1-3H. The molecule has 0 heterocycles. The van der Waals surface area contributed by atoms with Crippen LogP contribution in [0, 0.1) is 0 Å². The smallest absolute Gasteiger partial charge is 0.328 e. The molecule has 17 heavy (non-hydrogen) atoms. The van der Waals surface area contributed by atoms with E-state index in [1.165, 1.54) is 0 Å². The van der Waals surface area contributed by atoms with E-state index in [0.717, 1.165) is 39.1 Å². The molecular formula is C9H24O6P2. The lowest BCUT2D eigenvalue weighted by molar-refractivity contribution is 0.160. The summed E-state index contributed by atoms with van der Waals surface area (Å²) in [5, 5.41) is 0. The van der Waals surface area contributed by atoms with E-state index < -0.39 is 17.2 Å². The minimum Gasteiger partial charge on any atom is -0.328 e. The first-order valence-electron chi connectivity index (χ1n) is 5.64. The van der Waals surface area contributed by atoms with Gasteiger partial charge in [-0.3, -0.25) is 0 Å². The molecule has 106 valence electrons. The molecule has 0 unspecified atom stereocenters. The SMILES string of the molecule is CCCOP(OCCC)OCCC.OP(O)O. The molecule has 3 N–H and O–H groups in total. The molecule has 0 fully saturated rings. The zero-order valence-corrected chi connectivity index (χ0v) is 12.5. The van der Waals surface area contributed by atoms with Crippen LogP contribution in [-0.4, -0.2) is 34.5 Å². The van der Waals surface area contributed by atoms with Crippen LogP contribution in [0.15, 0.2) is 0 Å². The van der Waals surface area contributed by atoms with Crippen molar-refractivity contribution >= 4 is 17.2 Å². The Hall–Kier alpha value is 0.620. The fourth-order valence-corrected chi connectivity index (χ4v) is 1.83. The van der Waals surface area contributed by atoms with Crippen molar-refractivity contribution in [2.75, 3.05) is 19.8 Å². The molecule has 0 radical (unpaired) electrons.